The van der Waals surface area contributed by atoms with Crippen LogP contribution in [0.1, 0.15) is 6.42 Å². The highest BCUT2D eigenvalue weighted by atomic mass is 16.3. The third kappa shape index (κ3) is 3.57. The standard InChI is InChI=1S/C13H20N4O2/c1-16(8-9-18)13(19)15-11-5-7-17(10-11)12-4-2-3-6-14-12/h2-4,6,11,18H,5,7-10H2,1H3,(H,15,19). The van der Waals surface area contributed by atoms with Crippen LogP contribution in [0.2, 0.25) is 0 Å². The summed E-state index contributed by atoms with van der Waals surface area (Å²) in [6.07, 6.45) is 2.69. The first kappa shape index (κ1) is 13.6. The number of nitrogens with zero attached hydrogens (tertiary/aromatic N) is 3. The number of pyridine rings is 1. The van der Waals surface area contributed by atoms with Crippen LogP contribution in [0.25, 0.3) is 0 Å². The molecule has 1 aliphatic rings. The van der Waals surface area contributed by atoms with Crippen LogP contribution in [0, 0.1) is 0 Å². The lowest BCUT2D eigenvalue weighted by atomic mass is 10.3. The molecule has 104 valence electrons. The number of hydrogen-bond acceptors (Lipinski definition) is 4. The van der Waals surface area contributed by atoms with Gasteiger partial charge in [-0.3, -0.25) is 0 Å². The van der Waals surface area contributed by atoms with Crippen LogP contribution < -0.4 is 10.2 Å². The molecule has 6 nitrogen and oxygen atoms in total. The third-order valence-electron chi connectivity index (χ3n) is 3.27. The Balaban J connectivity index is 1.84. The molecule has 1 atom stereocenters. The summed E-state index contributed by atoms with van der Waals surface area (Å²) in [6, 6.07) is 5.83. The first-order valence-corrected chi connectivity index (χ1v) is 6.49. The van der Waals surface area contributed by atoms with E-state index in [-0.39, 0.29) is 18.7 Å². The number of aliphatic hydroxyl groups excluding tert-OH is 1. The highest BCUT2D eigenvalue weighted by Gasteiger charge is 2.25. The number of anilines is 1. The Bertz CT molecular complexity index is 412. The molecule has 0 aliphatic carbocycles. The zero-order chi connectivity index (χ0) is 13.7. The van der Waals surface area contributed by atoms with Crippen LogP contribution in [-0.4, -0.2) is 60.4 Å². The number of carbonyl (C=O) groups excluding carboxylic acids is 1. The molecule has 1 aromatic rings. The Hall–Kier alpha value is -1.82. The van der Waals surface area contributed by atoms with E-state index < -0.39 is 0 Å². The SMILES string of the molecule is CN(CCO)C(=O)NC1CCN(c2ccccn2)C1. The smallest absolute Gasteiger partial charge is 0.317 e. The van der Waals surface area contributed by atoms with Gasteiger partial charge in [0.1, 0.15) is 5.82 Å². The number of amides is 2. The second kappa shape index (κ2) is 6.38. The summed E-state index contributed by atoms with van der Waals surface area (Å²) >= 11 is 0. The number of aromatic nitrogens is 1. The molecule has 0 aromatic carbocycles. The van der Waals surface area contributed by atoms with E-state index in [0.29, 0.717) is 6.54 Å². The van der Waals surface area contributed by atoms with Gasteiger partial charge in [0.25, 0.3) is 0 Å². The monoisotopic (exact) mass is 264 g/mol. The average Bonchev–Trinajstić information content (AvgIpc) is 2.88. The van der Waals surface area contributed by atoms with E-state index in [1.165, 1.54) is 4.90 Å². The maximum Gasteiger partial charge on any atom is 0.317 e. The molecule has 2 heterocycles. The van der Waals surface area contributed by atoms with Gasteiger partial charge < -0.3 is 20.2 Å². The minimum absolute atomic E-state index is 0.0192. The number of hydrogen-bond donors (Lipinski definition) is 2. The van der Waals surface area contributed by atoms with Gasteiger partial charge in [-0.05, 0) is 18.6 Å². The zero-order valence-electron chi connectivity index (χ0n) is 11.1. The van der Waals surface area contributed by atoms with Crippen molar-refractivity contribution in [1.82, 2.24) is 15.2 Å². The molecular weight excluding hydrogens is 244 g/mol. The highest BCUT2D eigenvalue weighted by Crippen LogP contribution is 2.17. The van der Waals surface area contributed by atoms with E-state index in [0.717, 1.165) is 25.3 Å². The van der Waals surface area contributed by atoms with Crippen molar-refractivity contribution in [2.45, 2.75) is 12.5 Å². The van der Waals surface area contributed by atoms with E-state index in [1.807, 2.05) is 18.2 Å². The summed E-state index contributed by atoms with van der Waals surface area (Å²) in [5.41, 5.74) is 0. The molecule has 2 amide bonds. The number of carbonyl (C=O) groups is 1. The number of rotatable bonds is 4. The quantitative estimate of drug-likeness (QED) is 0.820. The van der Waals surface area contributed by atoms with E-state index in [1.54, 1.807) is 13.2 Å². The summed E-state index contributed by atoms with van der Waals surface area (Å²) in [5, 5.41) is 11.8. The number of aliphatic hydroxyl groups is 1. The van der Waals surface area contributed by atoms with Gasteiger partial charge in [-0.25, -0.2) is 9.78 Å². The number of likely N-dealkylation sites (N-methyl/N-ethyl adjacent to an activating group) is 1. The minimum atomic E-state index is -0.137. The van der Waals surface area contributed by atoms with Crippen LogP contribution in [0.5, 0.6) is 0 Å². The van der Waals surface area contributed by atoms with Crippen molar-refractivity contribution >= 4 is 11.8 Å². The molecule has 0 bridgehead atoms. The molecule has 1 fully saturated rings. The summed E-state index contributed by atoms with van der Waals surface area (Å²) in [4.78, 5) is 19.8. The fraction of sp³-hybridized carbons (Fsp3) is 0.538. The summed E-state index contributed by atoms with van der Waals surface area (Å²) < 4.78 is 0. The zero-order valence-corrected chi connectivity index (χ0v) is 11.1. The van der Waals surface area contributed by atoms with Crippen molar-refractivity contribution < 1.29 is 9.90 Å². The second-order valence-corrected chi connectivity index (χ2v) is 4.71. The minimum Gasteiger partial charge on any atom is -0.395 e. The highest BCUT2D eigenvalue weighted by molar-refractivity contribution is 5.74. The maximum absolute atomic E-state index is 11.8. The van der Waals surface area contributed by atoms with Crippen LogP contribution in [0.15, 0.2) is 24.4 Å². The molecule has 6 heteroatoms. The largest absolute Gasteiger partial charge is 0.395 e. The molecule has 2 N–H and O–H groups in total. The Morgan fingerprint density at radius 3 is 3.16 bits per heavy atom. The average molecular weight is 264 g/mol. The Morgan fingerprint density at radius 1 is 1.63 bits per heavy atom. The van der Waals surface area contributed by atoms with Gasteiger partial charge in [0, 0.05) is 38.9 Å². The molecule has 2 rings (SSSR count). The lowest BCUT2D eigenvalue weighted by molar-refractivity contribution is 0.188. The fourth-order valence-electron chi connectivity index (χ4n) is 2.16. The first-order chi connectivity index (χ1) is 9.20. The van der Waals surface area contributed by atoms with Crippen LogP contribution in [0.4, 0.5) is 10.6 Å². The van der Waals surface area contributed by atoms with Crippen LogP contribution in [0.3, 0.4) is 0 Å². The first-order valence-electron chi connectivity index (χ1n) is 6.49. The molecular formula is C13H20N4O2. The molecule has 1 unspecified atom stereocenters. The van der Waals surface area contributed by atoms with Crippen LogP contribution >= 0.6 is 0 Å². The fourth-order valence-corrected chi connectivity index (χ4v) is 2.16. The Kier molecular flexibility index (Phi) is 4.57. The van der Waals surface area contributed by atoms with Crippen LogP contribution in [-0.2, 0) is 0 Å². The van der Waals surface area contributed by atoms with Gasteiger partial charge >= 0.3 is 6.03 Å². The van der Waals surface area contributed by atoms with Gasteiger partial charge in [-0.15, -0.1) is 0 Å². The van der Waals surface area contributed by atoms with Crippen molar-refractivity contribution in [1.29, 1.82) is 0 Å². The van der Waals surface area contributed by atoms with Gasteiger partial charge in [0.05, 0.1) is 6.61 Å². The van der Waals surface area contributed by atoms with Gasteiger partial charge in [0.2, 0.25) is 0 Å². The van der Waals surface area contributed by atoms with E-state index in [9.17, 15) is 4.79 Å². The molecule has 0 saturated carbocycles. The summed E-state index contributed by atoms with van der Waals surface area (Å²) in [5.74, 6) is 0.947. The second-order valence-electron chi connectivity index (χ2n) is 4.71. The van der Waals surface area contributed by atoms with Crippen molar-refractivity contribution in [2.75, 3.05) is 38.2 Å². The lowest BCUT2D eigenvalue weighted by Crippen LogP contribution is -2.45. The molecule has 0 radical (unpaired) electrons. The number of nitrogens with one attached hydrogen (secondary N) is 1. The molecule has 1 aromatic heterocycles. The molecule has 19 heavy (non-hydrogen) atoms. The molecule has 0 spiro atoms. The maximum atomic E-state index is 11.8. The van der Waals surface area contributed by atoms with Crippen molar-refractivity contribution in [3.8, 4) is 0 Å². The predicted molar refractivity (Wildman–Crippen MR) is 73.1 cm³/mol. The number of urea groups is 1. The van der Waals surface area contributed by atoms with Gasteiger partial charge in [-0.2, -0.15) is 0 Å². The molecule has 1 saturated heterocycles. The van der Waals surface area contributed by atoms with E-state index >= 15 is 0 Å². The summed E-state index contributed by atoms with van der Waals surface area (Å²) in [7, 11) is 1.68. The van der Waals surface area contributed by atoms with E-state index in [2.05, 4.69) is 15.2 Å². The Morgan fingerprint density at radius 2 is 2.47 bits per heavy atom. The van der Waals surface area contributed by atoms with Crippen molar-refractivity contribution in [3.63, 3.8) is 0 Å². The van der Waals surface area contributed by atoms with Gasteiger partial charge in [-0.1, -0.05) is 6.07 Å². The Labute approximate surface area is 113 Å². The third-order valence-corrected chi connectivity index (χ3v) is 3.27. The molecule has 1 aliphatic heterocycles. The topological polar surface area (TPSA) is 68.7 Å². The normalized spacial score (nSPS) is 18.4. The summed E-state index contributed by atoms with van der Waals surface area (Å²) in [6.45, 7) is 2.00. The van der Waals surface area contributed by atoms with E-state index in [4.69, 9.17) is 5.11 Å². The van der Waals surface area contributed by atoms with Gasteiger partial charge in [0.15, 0.2) is 0 Å². The lowest BCUT2D eigenvalue weighted by Gasteiger charge is -2.21. The predicted octanol–water partition coefficient (Wildman–Crippen LogP) is 0.294. The van der Waals surface area contributed by atoms with Crippen molar-refractivity contribution in [2.24, 2.45) is 0 Å². The van der Waals surface area contributed by atoms with Crippen molar-refractivity contribution in [3.05, 3.63) is 24.4 Å².